The van der Waals surface area contributed by atoms with Crippen LogP contribution in [0.25, 0.3) is 0 Å². The van der Waals surface area contributed by atoms with E-state index in [2.05, 4.69) is 10.2 Å². The molecule has 7 heteroatoms. The van der Waals surface area contributed by atoms with Crippen LogP contribution in [0.15, 0.2) is 17.3 Å². The lowest BCUT2D eigenvalue weighted by molar-refractivity contribution is 0.197. The third-order valence-corrected chi connectivity index (χ3v) is 5.85. The fourth-order valence-electron chi connectivity index (χ4n) is 2.91. The largest absolute Gasteiger partial charge is 0.329 e. The van der Waals surface area contributed by atoms with Gasteiger partial charge in [0.15, 0.2) is 5.03 Å². The maximum atomic E-state index is 12.7. The summed E-state index contributed by atoms with van der Waals surface area (Å²) < 4.78 is 27.1. The average Bonchev–Trinajstić information content (AvgIpc) is 3.07. The number of aromatic nitrogens is 2. The first-order chi connectivity index (χ1) is 9.07. The molecule has 0 saturated heterocycles. The summed E-state index contributed by atoms with van der Waals surface area (Å²) in [4.78, 5) is 0. The van der Waals surface area contributed by atoms with Gasteiger partial charge in [0.1, 0.15) is 0 Å². The van der Waals surface area contributed by atoms with Gasteiger partial charge in [0.2, 0.25) is 0 Å². The molecule has 6 nitrogen and oxygen atoms in total. The first-order valence-corrected chi connectivity index (χ1v) is 8.23. The van der Waals surface area contributed by atoms with Crippen LogP contribution in [0.4, 0.5) is 0 Å². The normalized spacial score (nSPS) is 19.1. The second-order valence-electron chi connectivity index (χ2n) is 5.13. The van der Waals surface area contributed by atoms with Gasteiger partial charge in [-0.25, -0.2) is 8.42 Å². The molecule has 0 atom stereocenters. The van der Waals surface area contributed by atoms with Crippen LogP contribution in [0.5, 0.6) is 0 Å². The molecule has 1 saturated carbocycles. The molecule has 1 aliphatic carbocycles. The van der Waals surface area contributed by atoms with Crippen molar-refractivity contribution in [2.45, 2.75) is 49.6 Å². The number of rotatable bonds is 6. The van der Waals surface area contributed by atoms with Crippen LogP contribution in [-0.4, -0.2) is 41.5 Å². The molecule has 1 aromatic heterocycles. The number of nitrogens with zero attached hydrogens (tertiary/aromatic N) is 2. The van der Waals surface area contributed by atoms with Gasteiger partial charge >= 0.3 is 0 Å². The molecule has 0 aromatic carbocycles. The lowest BCUT2D eigenvalue weighted by Gasteiger charge is -2.39. The number of hydrogen-bond acceptors (Lipinski definition) is 4. The highest BCUT2D eigenvalue weighted by molar-refractivity contribution is 7.89. The minimum Gasteiger partial charge on any atom is -0.329 e. The number of sulfonamides is 1. The molecule has 0 amide bonds. The minimum absolute atomic E-state index is 0.153. The Morgan fingerprint density at radius 1 is 1.47 bits per heavy atom. The van der Waals surface area contributed by atoms with Gasteiger partial charge in [0.25, 0.3) is 10.0 Å². The number of H-pyrrole nitrogens is 1. The van der Waals surface area contributed by atoms with Crippen molar-refractivity contribution in [3.05, 3.63) is 12.3 Å². The second-order valence-corrected chi connectivity index (χ2v) is 6.96. The molecule has 1 aromatic rings. The second kappa shape index (κ2) is 5.60. The van der Waals surface area contributed by atoms with E-state index in [-0.39, 0.29) is 5.03 Å². The molecule has 1 fully saturated rings. The van der Waals surface area contributed by atoms with Crippen molar-refractivity contribution in [3.63, 3.8) is 0 Å². The van der Waals surface area contributed by atoms with Gasteiger partial charge in [-0.15, -0.1) is 0 Å². The summed E-state index contributed by atoms with van der Waals surface area (Å²) >= 11 is 0. The van der Waals surface area contributed by atoms with Crippen LogP contribution in [0.2, 0.25) is 0 Å². The standard InChI is InChI=1S/C12H22N4O2S/c1-2-9-16(12(10-13)6-3-4-7-12)19(17,18)11-5-8-14-15-11/h5,8H,2-4,6-7,9-10,13H2,1H3,(H,14,15). The molecule has 1 heterocycles. The smallest absolute Gasteiger partial charge is 0.260 e. The molecule has 0 radical (unpaired) electrons. The average molecular weight is 286 g/mol. The molecular formula is C12H22N4O2S. The SMILES string of the molecule is CCCN(C1(CN)CCCC1)S(=O)(=O)c1ccn[nH]1. The summed E-state index contributed by atoms with van der Waals surface area (Å²) in [6.45, 7) is 2.85. The zero-order chi connectivity index (χ0) is 13.9. The van der Waals surface area contributed by atoms with E-state index in [9.17, 15) is 8.42 Å². The van der Waals surface area contributed by atoms with Crippen molar-refractivity contribution < 1.29 is 8.42 Å². The Kier molecular flexibility index (Phi) is 4.27. The highest BCUT2D eigenvalue weighted by atomic mass is 32.2. The van der Waals surface area contributed by atoms with Gasteiger partial charge in [-0.2, -0.15) is 9.40 Å². The fraction of sp³-hybridized carbons (Fsp3) is 0.750. The maximum Gasteiger partial charge on any atom is 0.260 e. The Balaban J connectivity index is 2.40. The van der Waals surface area contributed by atoms with Crippen molar-refractivity contribution in [1.29, 1.82) is 0 Å². The van der Waals surface area contributed by atoms with Crippen molar-refractivity contribution in [3.8, 4) is 0 Å². The molecule has 0 unspecified atom stereocenters. The van der Waals surface area contributed by atoms with Crippen LogP contribution >= 0.6 is 0 Å². The topological polar surface area (TPSA) is 92.1 Å². The van der Waals surface area contributed by atoms with Gasteiger partial charge in [-0.05, 0) is 25.3 Å². The Hall–Kier alpha value is -0.920. The zero-order valence-corrected chi connectivity index (χ0v) is 12.1. The summed E-state index contributed by atoms with van der Waals surface area (Å²) in [5.74, 6) is 0. The lowest BCUT2D eigenvalue weighted by atomic mass is 9.98. The van der Waals surface area contributed by atoms with Crippen molar-refractivity contribution in [1.82, 2.24) is 14.5 Å². The monoisotopic (exact) mass is 286 g/mol. The van der Waals surface area contributed by atoms with Crippen LogP contribution in [0.1, 0.15) is 39.0 Å². The molecular weight excluding hydrogens is 264 g/mol. The molecule has 1 aliphatic rings. The maximum absolute atomic E-state index is 12.7. The number of aromatic amines is 1. The zero-order valence-electron chi connectivity index (χ0n) is 11.3. The van der Waals surface area contributed by atoms with E-state index >= 15 is 0 Å². The number of nitrogens with one attached hydrogen (secondary N) is 1. The van der Waals surface area contributed by atoms with E-state index in [4.69, 9.17) is 5.73 Å². The van der Waals surface area contributed by atoms with E-state index in [0.717, 1.165) is 32.1 Å². The predicted molar refractivity (Wildman–Crippen MR) is 73.0 cm³/mol. The number of hydrogen-bond donors (Lipinski definition) is 2. The molecule has 108 valence electrons. The van der Waals surface area contributed by atoms with Crippen molar-refractivity contribution in [2.24, 2.45) is 5.73 Å². The third-order valence-electron chi connectivity index (χ3n) is 3.91. The van der Waals surface area contributed by atoms with Crippen molar-refractivity contribution in [2.75, 3.05) is 13.1 Å². The van der Waals surface area contributed by atoms with E-state index < -0.39 is 15.6 Å². The lowest BCUT2D eigenvalue weighted by Crippen LogP contribution is -2.54. The van der Waals surface area contributed by atoms with Crippen LogP contribution in [0, 0.1) is 0 Å². The summed E-state index contributed by atoms with van der Waals surface area (Å²) in [7, 11) is -3.54. The minimum atomic E-state index is -3.54. The van der Waals surface area contributed by atoms with Gasteiger partial charge < -0.3 is 5.73 Å². The van der Waals surface area contributed by atoms with E-state index in [1.165, 1.54) is 12.3 Å². The van der Waals surface area contributed by atoms with Gasteiger partial charge in [-0.3, -0.25) is 5.10 Å². The molecule has 0 aliphatic heterocycles. The molecule has 2 rings (SSSR count). The van der Waals surface area contributed by atoms with Crippen molar-refractivity contribution >= 4 is 10.0 Å². The van der Waals surface area contributed by atoms with Crippen LogP contribution in [-0.2, 0) is 10.0 Å². The summed E-state index contributed by atoms with van der Waals surface area (Å²) in [5, 5.41) is 6.46. The fourth-order valence-corrected chi connectivity index (χ4v) is 4.74. The van der Waals surface area contributed by atoms with E-state index in [0.29, 0.717) is 13.1 Å². The molecule has 3 N–H and O–H groups in total. The molecule has 0 spiro atoms. The Morgan fingerprint density at radius 2 is 2.16 bits per heavy atom. The van der Waals surface area contributed by atoms with E-state index in [1.54, 1.807) is 4.31 Å². The van der Waals surface area contributed by atoms with Crippen LogP contribution in [0.3, 0.4) is 0 Å². The van der Waals surface area contributed by atoms with Gasteiger partial charge in [-0.1, -0.05) is 19.8 Å². The Morgan fingerprint density at radius 3 is 2.63 bits per heavy atom. The predicted octanol–water partition coefficient (Wildman–Crippen LogP) is 1.08. The van der Waals surface area contributed by atoms with Crippen LogP contribution < -0.4 is 5.73 Å². The quantitative estimate of drug-likeness (QED) is 0.818. The first-order valence-electron chi connectivity index (χ1n) is 6.79. The molecule has 0 bridgehead atoms. The summed E-state index contributed by atoms with van der Waals surface area (Å²) in [5.41, 5.74) is 5.50. The molecule has 19 heavy (non-hydrogen) atoms. The summed E-state index contributed by atoms with van der Waals surface area (Å²) in [6.07, 6.45) is 6.00. The highest BCUT2D eigenvalue weighted by Crippen LogP contribution is 2.37. The van der Waals surface area contributed by atoms with E-state index in [1.807, 2.05) is 6.92 Å². The Bertz CT molecular complexity index is 492. The first kappa shape index (κ1) is 14.5. The number of nitrogens with two attached hydrogens (primary N) is 1. The Labute approximate surface area is 114 Å². The van der Waals surface area contributed by atoms with Gasteiger partial charge in [0.05, 0.1) is 6.20 Å². The third kappa shape index (κ3) is 2.54. The highest BCUT2D eigenvalue weighted by Gasteiger charge is 2.44. The summed E-state index contributed by atoms with van der Waals surface area (Å²) in [6, 6.07) is 1.50. The van der Waals surface area contributed by atoms with Gasteiger partial charge in [0, 0.05) is 18.6 Å².